The van der Waals surface area contributed by atoms with Gasteiger partial charge in [0.15, 0.2) is 0 Å². The number of hydrogen-bond donors (Lipinski definition) is 1. The number of alkyl halides is 3. The second-order valence-electron chi connectivity index (χ2n) is 1.64. The summed E-state index contributed by atoms with van der Waals surface area (Å²) in [4.78, 5) is 0. The molecule has 0 aliphatic rings. The van der Waals surface area contributed by atoms with Gasteiger partial charge < -0.3 is 5.73 Å². The molecule has 0 spiro atoms. The van der Waals surface area contributed by atoms with Crippen LogP contribution in [0.15, 0.2) is 12.2 Å². The van der Waals surface area contributed by atoms with E-state index in [0.29, 0.717) is 18.5 Å². The molecule has 0 saturated carbocycles. The van der Waals surface area contributed by atoms with Gasteiger partial charge in [-0.25, -0.2) is 4.39 Å². The van der Waals surface area contributed by atoms with E-state index in [0.717, 1.165) is 0 Å². The average molecular weight is 355 g/mol. The third kappa shape index (κ3) is 4.49. The Hall–Kier alpha value is 1.09. The summed E-state index contributed by atoms with van der Waals surface area (Å²) in [6.07, 6.45) is 0.558. The number of rotatable bonds is 3. The molecule has 9 heavy (non-hydrogen) atoms. The minimum atomic E-state index is -1.32. The highest BCUT2D eigenvalue weighted by molar-refractivity contribution is 14.2. The lowest BCUT2D eigenvalue weighted by atomic mass is 10.2. The lowest BCUT2D eigenvalue weighted by Crippen LogP contribution is -2.10. The summed E-state index contributed by atoms with van der Waals surface area (Å²) >= 11 is 3.38. The van der Waals surface area contributed by atoms with Crippen molar-refractivity contribution in [1.29, 1.82) is 0 Å². The summed E-state index contributed by atoms with van der Waals surface area (Å²) in [5.41, 5.74) is 5.74. The zero-order valence-electron chi connectivity index (χ0n) is 4.83. The van der Waals surface area contributed by atoms with Crippen molar-refractivity contribution in [3.05, 3.63) is 12.2 Å². The van der Waals surface area contributed by atoms with Crippen molar-refractivity contribution in [2.45, 2.75) is 8.10 Å². The summed E-state index contributed by atoms with van der Waals surface area (Å²) in [6.45, 7) is 4.01. The van der Waals surface area contributed by atoms with Crippen molar-refractivity contribution < 1.29 is 4.39 Å². The fourth-order valence-electron chi connectivity index (χ4n) is 0.316. The second-order valence-corrected chi connectivity index (χ2v) is 6.68. The Labute approximate surface area is 81.5 Å². The van der Waals surface area contributed by atoms with Gasteiger partial charge in [-0.2, -0.15) is 0 Å². The summed E-state index contributed by atoms with van der Waals surface area (Å²) in [5.74, 6) is 0. The maximum absolute atomic E-state index is 12.8. The number of hydrogen-bond acceptors (Lipinski definition) is 1. The van der Waals surface area contributed by atoms with Crippen LogP contribution in [0.4, 0.5) is 4.39 Å². The van der Waals surface area contributed by atoms with Crippen LogP contribution in [-0.4, -0.2) is 8.23 Å². The predicted octanol–water partition coefficient (Wildman–Crippen LogP) is 2.38. The summed E-state index contributed by atoms with van der Waals surface area (Å²) < 4.78 is 11.5. The SMILES string of the molecule is C=C(CCN)C(F)(I)I. The number of halogens is 3. The molecule has 0 aliphatic heterocycles. The van der Waals surface area contributed by atoms with Gasteiger partial charge in [0.2, 0.25) is 1.68 Å². The maximum Gasteiger partial charge on any atom is 0.231 e. The van der Waals surface area contributed by atoms with E-state index in [9.17, 15) is 4.39 Å². The Bertz CT molecular complexity index is 108. The molecule has 0 atom stereocenters. The van der Waals surface area contributed by atoms with Gasteiger partial charge in [-0.15, -0.1) is 0 Å². The first kappa shape index (κ1) is 10.1. The van der Waals surface area contributed by atoms with Crippen molar-refractivity contribution in [3.63, 3.8) is 0 Å². The van der Waals surface area contributed by atoms with E-state index in [2.05, 4.69) is 6.58 Å². The van der Waals surface area contributed by atoms with Gasteiger partial charge in [0.25, 0.3) is 0 Å². The smallest absolute Gasteiger partial charge is 0.231 e. The Kier molecular flexibility index (Phi) is 4.56. The normalized spacial score (nSPS) is 11.6. The van der Waals surface area contributed by atoms with Crippen LogP contribution in [0.3, 0.4) is 0 Å². The predicted molar refractivity (Wildman–Crippen MR) is 54.7 cm³/mol. The Morgan fingerprint density at radius 2 is 2.11 bits per heavy atom. The van der Waals surface area contributed by atoms with Crippen molar-refractivity contribution in [1.82, 2.24) is 0 Å². The zero-order chi connectivity index (χ0) is 7.49. The summed E-state index contributed by atoms with van der Waals surface area (Å²) in [5, 5.41) is 0. The Balaban J connectivity index is 3.74. The fraction of sp³-hybridized carbons (Fsp3) is 0.600. The van der Waals surface area contributed by atoms with Crippen LogP contribution >= 0.6 is 45.2 Å². The topological polar surface area (TPSA) is 26.0 Å². The number of nitrogens with two attached hydrogens (primary N) is 1. The molecule has 0 bridgehead atoms. The average Bonchev–Trinajstić information content (AvgIpc) is 1.64. The first-order valence-corrected chi connectivity index (χ1v) is 4.59. The molecule has 0 amide bonds. The van der Waals surface area contributed by atoms with Crippen molar-refractivity contribution in [3.8, 4) is 0 Å². The van der Waals surface area contributed by atoms with Crippen LogP contribution in [-0.2, 0) is 0 Å². The molecule has 0 rings (SSSR count). The first-order valence-electron chi connectivity index (χ1n) is 2.43. The molecule has 0 heterocycles. The van der Waals surface area contributed by atoms with E-state index in [1.54, 1.807) is 45.2 Å². The third-order valence-corrected chi connectivity index (χ3v) is 2.37. The molecule has 54 valence electrons. The summed E-state index contributed by atoms with van der Waals surface area (Å²) in [6, 6.07) is 0. The van der Waals surface area contributed by atoms with E-state index in [-0.39, 0.29) is 0 Å². The highest BCUT2D eigenvalue weighted by Gasteiger charge is 2.23. The molecule has 0 aliphatic carbocycles. The Morgan fingerprint density at radius 1 is 1.67 bits per heavy atom. The van der Waals surface area contributed by atoms with Crippen LogP contribution < -0.4 is 5.73 Å². The maximum atomic E-state index is 12.8. The highest BCUT2D eigenvalue weighted by atomic mass is 127. The second kappa shape index (κ2) is 4.07. The molecule has 0 saturated heterocycles. The van der Waals surface area contributed by atoms with Crippen molar-refractivity contribution in [2.24, 2.45) is 5.73 Å². The largest absolute Gasteiger partial charge is 0.330 e. The van der Waals surface area contributed by atoms with Gasteiger partial charge in [-0.05, 0) is 63.7 Å². The third-order valence-electron chi connectivity index (χ3n) is 0.847. The van der Waals surface area contributed by atoms with Crippen molar-refractivity contribution in [2.75, 3.05) is 6.54 Å². The molecular formula is C5H8FI2N. The minimum Gasteiger partial charge on any atom is -0.330 e. The van der Waals surface area contributed by atoms with Crippen LogP contribution in [0.1, 0.15) is 6.42 Å². The van der Waals surface area contributed by atoms with Crippen molar-refractivity contribution >= 4 is 45.2 Å². The molecule has 0 aromatic rings. The molecule has 1 nitrogen and oxygen atoms in total. The molecule has 0 fully saturated rings. The van der Waals surface area contributed by atoms with E-state index >= 15 is 0 Å². The highest BCUT2D eigenvalue weighted by Crippen LogP contribution is 2.37. The van der Waals surface area contributed by atoms with E-state index in [1.165, 1.54) is 0 Å². The van der Waals surface area contributed by atoms with E-state index in [1.807, 2.05) is 0 Å². The zero-order valence-corrected chi connectivity index (χ0v) is 9.15. The lowest BCUT2D eigenvalue weighted by molar-refractivity contribution is 0.493. The standard InChI is InChI=1S/C5H8FI2N/c1-4(2-3-9)5(6,7)8/h1-3,9H2. The molecule has 0 aromatic heterocycles. The molecular weight excluding hydrogens is 347 g/mol. The Morgan fingerprint density at radius 3 is 2.22 bits per heavy atom. The molecule has 0 unspecified atom stereocenters. The molecule has 4 heteroatoms. The molecule has 0 aromatic carbocycles. The summed E-state index contributed by atoms with van der Waals surface area (Å²) in [7, 11) is 0. The molecule has 0 radical (unpaired) electrons. The van der Waals surface area contributed by atoms with Gasteiger partial charge in [-0.1, -0.05) is 6.58 Å². The first-order chi connectivity index (χ1) is 3.98. The van der Waals surface area contributed by atoms with E-state index < -0.39 is 1.68 Å². The van der Waals surface area contributed by atoms with Crippen LogP contribution in [0.25, 0.3) is 0 Å². The quantitative estimate of drug-likeness (QED) is 0.470. The van der Waals surface area contributed by atoms with Crippen LogP contribution in [0.5, 0.6) is 0 Å². The minimum absolute atomic E-state index is 0.469. The van der Waals surface area contributed by atoms with Gasteiger partial charge in [0.05, 0.1) is 0 Å². The monoisotopic (exact) mass is 355 g/mol. The van der Waals surface area contributed by atoms with Gasteiger partial charge in [-0.3, -0.25) is 0 Å². The lowest BCUT2D eigenvalue weighted by Gasteiger charge is -2.11. The van der Waals surface area contributed by atoms with Crippen LogP contribution in [0.2, 0.25) is 0 Å². The van der Waals surface area contributed by atoms with Gasteiger partial charge >= 0.3 is 0 Å². The van der Waals surface area contributed by atoms with Crippen LogP contribution in [0, 0.1) is 0 Å². The van der Waals surface area contributed by atoms with Gasteiger partial charge in [0, 0.05) is 0 Å². The van der Waals surface area contributed by atoms with E-state index in [4.69, 9.17) is 5.73 Å². The molecule has 2 N–H and O–H groups in total. The fourth-order valence-corrected chi connectivity index (χ4v) is 0.855. The van der Waals surface area contributed by atoms with Gasteiger partial charge in [0.1, 0.15) is 0 Å².